The van der Waals surface area contributed by atoms with Gasteiger partial charge in [-0.3, -0.25) is 0 Å². The van der Waals surface area contributed by atoms with Crippen molar-refractivity contribution in [3.05, 3.63) is 36.7 Å². The van der Waals surface area contributed by atoms with Crippen LogP contribution in [0.4, 0.5) is 0 Å². The van der Waals surface area contributed by atoms with E-state index in [0.717, 1.165) is 18.7 Å². The van der Waals surface area contributed by atoms with Gasteiger partial charge in [0.1, 0.15) is 18.5 Å². The largest absolute Gasteiger partial charge is 0.456 e. The number of likely N-dealkylation sites (N-methyl/N-ethyl adjacent to an activating group) is 1. The minimum Gasteiger partial charge on any atom is -0.456 e. The zero-order valence-corrected chi connectivity index (χ0v) is 12.3. The van der Waals surface area contributed by atoms with Gasteiger partial charge in [-0.05, 0) is 18.7 Å². The summed E-state index contributed by atoms with van der Waals surface area (Å²) in [7, 11) is 1.71. The van der Waals surface area contributed by atoms with Crippen LogP contribution in [0.3, 0.4) is 0 Å². The fraction of sp³-hybridized carbons (Fsp3) is 0.467. The number of para-hydroxylation sites is 1. The number of benzene rings is 1. The maximum atomic E-state index is 5.82. The predicted octanol–water partition coefficient (Wildman–Crippen LogP) is 1.41. The van der Waals surface area contributed by atoms with Crippen LogP contribution >= 0.6 is 0 Å². The Morgan fingerprint density at radius 2 is 2.14 bits per heavy atom. The average Bonchev–Trinajstić information content (AvgIpc) is 2.96. The number of methoxy groups -OCH3 is 1. The minimum absolute atomic E-state index is 0.00525. The molecule has 1 aromatic carbocycles. The number of ether oxygens (including phenoxy) is 2. The van der Waals surface area contributed by atoms with Crippen LogP contribution in [0, 0.1) is 0 Å². The smallest absolute Gasteiger partial charge is 0.336 e. The lowest BCUT2D eigenvalue weighted by Crippen LogP contribution is -2.61. The molecule has 1 saturated carbocycles. The van der Waals surface area contributed by atoms with Crippen molar-refractivity contribution in [2.24, 2.45) is 0 Å². The first-order valence-electron chi connectivity index (χ1n) is 7.21. The van der Waals surface area contributed by atoms with Gasteiger partial charge in [0.25, 0.3) is 0 Å². The third kappa shape index (κ3) is 2.91. The van der Waals surface area contributed by atoms with Crippen molar-refractivity contribution in [3.8, 4) is 11.7 Å². The van der Waals surface area contributed by atoms with Crippen LogP contribution in [0.2, 0.25) is 0 Å². The number of aromatic nitrogens is 3. The molecule has 21 heavy (non-hydrogen) atoms. The molecule has 0 saturated heterocycles. The van der Waals surface area contributed by atoms with Gasteiger partial charge in [-0.25, -0.2) is 4.68 Å². The zero-order chi connectivity index (χ0) is 14.7. The number of hydrogen-bond acceptors (Lipinski definition) is 5. The highest BCUT2D eigenvalue weighted by molar-refractivity contribution is 5.29. The van der Waals surface area contributed by atoms with Crippen molar-refractivity contribution in [1.29, 1.82) is 0 Å². The van der Waals surface area contributed by atoms with E-state index in [0.29, 0.717) is 12.1 Å². The molecule has 0 bridgehead atoms. The monoisotopic (exact) mass is 288 g/mol. The summed E-state index contributed by atoms with van der Waals surface area (Å²) in [6.45, 7) is 3.02. The lowest BCUT2D eigenvalue weighted by atomic mass is 9.85. The molecule has 1 fully saturated rings. The zero-order valence-electron chi connectivity index (χ0n) is 12.3. The third-order valence-electron chi connectivity index (χ3n) is 3.74. The molecule has 0 spiro atoms. The summed E-state index contributed by atoms with van der Waals surface area (Å²) < 4.78 is 13.0. The molecular formula is C15H20N4O2. The van der Waals surface area contributed by atoms with Gasteiger partial charge in [0, 0.05) is 19.6 Å². The summed E-state index contributed by atoms with van der Waals surface area (Å²) >= 11 is 0. The van der Waals surface area contributed by atoms with E-state index < -0.39 is 0 Å². The van der Waals surface area contributed by atoms with E-state index in [1.807, 2.05) is 30.3 Å². The third-order valence-corrected chi connectivity index (χ3v) is 3.74. The Morgan fingerprint density at radius 1 is 1.33 bits per heavy atom. The molecule has 3 unspecified atom stereocenters. The van der Waals surface area contributed by atoms with E-state index >= 15 is 0 Å². The van der Waals surface area contributed by atoms with Crippen molar-refractivity contribution in [2.45, 2.75) is 31.6 Å². The molecule has 2 aromatic rings. The Hall–Kier alpha value is -1.92. The maximum Gasteiger partial charge on any atom is 0.336 e. The van der Waals surface area contributed by atoms with Crippen molar-refractivity contribution in [3.63, 3.8) is 0 Å². The first-order chi connectivity index (χ1) is 10.3. The van der Waals surface area contributed by atoms with Gasteiger partial charge in [-0.15, -0.1) is 5.10 Å². The van der Waals surface area contributed by atoms with Gasteiger partial charge in [-0.1, -0.05) is 25.1 Å². The molecule has 3 atom stereocenters. The van der Waals surface area contributed by atoms with Gasteiger partial charge >= 0.3 is 6.01 Å². The van der Waals surface area contributed by atoms with Crippen molar-refractivity contribution < 1.29 is 9.47 Å². The SMILES string of the molecule is CCNC1CC(Oc2ncn(-c3ccccc3)n2)C1OC. The lowest BCUT2D eigenvalue weighted by Gasteiger charge is -2.42. The summed E-state index contributed by atoms with van der Waals surface area (Å²) in [5, 5.41) is 7.73. The van der Waals surface area contributed by atoms with Crippen LogP contribution in [-0.2, 0) is 4.74 Å². The molecule has 1 heterocycles. The summed E-state index contributed by atoms with van der Waals surface area (Å²) in [5.41, 5.74) is 0.960. The fourth-order valence-electron chi connectivity index (χ4n) is 2.62. The summed E-state index contributed by atoms with van der Waals surface area (Å²) in [5.74, 6) is 0. The normalized spacial score (nSPS) is 24.6. The van der Waals surface area contributed by atoms with E-state index in [4.69, 9.17) is 9.47 Å². The van der Waals surface area contributed by atoms with Crippen molar-refractivity contribution in [1.82, 2.24) is 20.1 Å². The summed E-state index contributed by atoms with van der Waals surface area (Å²) in [6.07, 6.45) is 2.62. The Balaban J connectivity index is 1.63. The highest BCUT2D eigenvalue weighted by Gasteiger charge is 2.43. The van der Waals surface area contributed by atoms with E-state index in [2.05, 4.69) is 22.3 Å². The first kappa shape index (κ1) is 14.0. The fourth-order valence-corrected chi connectivity index (χ4v) is 2.62. The highest BCUT2D eigenvalue weighted by atomic mass is 16.6. The van der Waals surface area contributed by atoms with E-state index in [-0.39, 0.29) is 12.2 Å². The van der Waals surface area contributed by atoms with Crippen LogP contribution in [-0.4, -0.2) is 46.7 Å². The van der Waals surface area contributed by atoms with Gasteiger partial charge < -0.3 is 14.8 Å². The Labute approximate surface area is 124 Å². The minimum atomic E-state index is 0.00525. The summed E-state index contributed by atoms with van der Waals surface area (Å²) in [4.78, 5) is 4.21. The second kappa shape index (κ2) is 6.24. The molecule has 3 rings (SSSR count). The molecule has 0 aliphatic heterocycles. The van der Waals surface area contributed by atoms with Crippen LogP contribution in [0.1, 0.15) is 13.3 Å². The van der Waals surface area contributed by atoms with Crippen molar-refractivity contribution >= 4 is 0 Å². The van der Waals surface area contributed by atoms with Crippen LogP contribution < -0.4 is 10.1 Å². The molecule has 0 amide bonds. The molecule has 6 nitrogen and oxygen atoms in total. The molecule has 1 aliphatic rings. The van der Waals surface area contributed by atoms with Crippen LogP contribution in [0.5, 0.6) is 6.01 Å². The van der Waals surface area contributed by atoms with E-state index in [1.165, 1.54) is 0 Å². The molecule has 1 aromatic heterocycles. The lowest BCUT2D eigenvalue weighted by molar-refractivity contribution is -0.0913. The van der Waals surface area contributed by atoms with Gasteiger partial charge in [0.2, 0.25) is 0 Å². The second-order valence-corrected chi connectivity index (χ2v) is 5.06. The Morgan fingerprint density at radius 3 is 2.86 bits per heavy atom. The summed E-state index contributed by atoms with van der Waals surface area (Å²) in [6, 6.07) is 10.6. The molecule has 1 aliphatic carbocycles. The molecule has 0 radical (unpaired) electrons. The molecule has 112 valence electrons. The number of hydrogen-bond donors (Lipinski definition) is 1. The topological polar surface area (TPSA) is 61.2 Å². The second-order valence-electron chi connectivity index (χ2n) is 5.06. The number of nitrogens with one attached hydrogen (secondary N) is 1. The molecular weight excluding hydrogens is 268 g/mol. The van der Waals surface area contributed by atoms with Gasteiger partial charge in [0.15, 0.2) is 0 Å². The number of rotatable bonds is 6. The average molecular weight is 288 g/mol. The quantitative estimate of drug-likeness (QED) is 0.871. The van der Waals surface area contributed by atoms with Crippen molar-refractivity contribution in [2.75, 3.05) is 13.7 Å². The van der Waals surface area contributed by atoms with E-state index in [1.54, 1.807) is 18.1 Å². The Bertz CT molecular complexity index is 572. The predicted molar refractivity (Wildman–Crippen MR) is 78.7 cm³/mol. The first-order valence-corrected chi connectivity index (χ1v) is 7.21. The number of nitrogens with zero attached hydrogens (tertiary/aromatic N) is 3. The standard InChI is InChI=1S/C15H20N4O2/c1-3-16-12-9-13(14(12)20-2)21-15-17-10-19(18-15)11-7-5-4-6-8-11/h4-8,10,12-14,16H,3,9H2,1-2H3. The Kier molecular flexibility index (Phi) is 4.17. The van der Waals surface area contributed by atoms with Crippen LogP contribution in [0.15, 0.2) is 36.7 Å². The van der Waals surface area contributed by atoms with Crippen LogP contribution in [0.25, 0.3) is 5.69 Å². The molecule has 6 heteroatoms. The molecule has 1 N–H and O–H groups in total. The van der Waals surface area contributed by atoms with Gasteiger partial charge in [0.05, 0.1) is 5.69 Å². The van der Waals surface area contributed by atoms with Gasteiger partial charge in [-0.2, -0.15) is 4.98 Å². The van der Waals surface area contributed by atoms with E-state index in [9.17, 15) is 0 Å². The maximum absolute atomic E-state index is 5.82. The highest BCUT2D eigenvalue weighted by Crippen LogP contribution is 2.27.